The monoisotopic (exact) mass is 427 g/mol. The third-order valence-corrected chi connectivity index (χ3v) is 7.51. The van der Waals surface area contributed by atoms with E-state index in [0.29, 0.717) is 11.7 Å². The summed E-state index contributed by atoms with van der Waals surface area (Å²) in [7, 11) is 0. The van der Waals surface area contributed by atoms with Crippen LogP contribution in [0.4, 0.5) is 5.69 Å². The number of aromatic nitrogens is 2. The van der Waals surface area contributed by atoms with Crippen LogP contribution in [-0.2, 0) is 24.2 Å². The van der Waals surface area contributed by atoms with Gasteiger partial charge in [-0.2, -0.15) is 0 Å². The number of carbonyl (C=O) groups is 1. The highest BCUT2D eigenvalue weighted by molar-refractivity contribution is 7.99. The average Bonchev–Trinajstić information content (AvgIpc) is 3.07. The van der Waals surface area contributed by atoms with Gasteiger partial charge in [-0.15, -0.1) is 11.3 Å². The van der Waals surface area contributed by atoms with E-state index in [-0.39, 0.29) is 17.2 Å². The van der Waals surface area contributed by atoms with Gasteiger partial charge in [-0.1, -0.05) is 29.5 Å². The fourth-order valence-electron chi connectivity index (χ4n) is 3.88. The third kappa shape index (κ3) is 3.98. The minimum absolute atomic E-state index is 0.0363. The molecule has 2 aromatic heterocycles. The molecular weight excluding hydrogens is 402 g/mol. The summed E-state index contributed by atoms with van der Waals surface area (Å²) in [5, 5.41) is 4.39. The van der Waals surface area contributed by atoms with Crippen LogP contribution < -0.4 is 10.9 Å². The van der Waals surface area contributed by atoms with Crippen LogP contribution in [0.15, 0.2) is 28.2 Å². The van der Waals surface area contributed by atoms with Crippen LogP contribution in [0.5, 0.6) is 0 Å². The molecule has 0 atom stereocenters. The molecule has 0 saturated carbocycles. The second-order valence-corrected chi connectivity index (χ2v) is 9.52. The van der Waals surface area contributed by atoms with E-state index in [9.17, 15) is 9.59 Å². The second kappa shape index (κ2) is 8.32. The van der Waals surface area contributed by atoms with Crippen LogP contribution in [0.25, 0.3) is 10.2 Å². The zero-order chi connectivity index (χ0) is 20.5. The lowest BCUT2D eigenvalue weighted by atomic mass is 9.97. The molecule has 2 heterocycles. The van der Waals surface area contributed by atoms with E-state index in [2.05, 4.69) is 5.32 Å². The van der Waals surface area contributed by atoms with E-state index in [0.717, 1.165) is 46.3 Å². The van der Waals surface area contributed by atoms with E-state index < -0.39 is 0 Å². The molecule has 0 unspecified atom stereocenters. The van der Waals surface area contributed by atoms with Crippen molar-refractivity contribution in [2.75, 3.05) is 11.1 Å². The molecule has 1 aliphatic carbocycles. The molecular formula is C22H25N3O2S2. The van der Waals surface area contributed by atoms with Gasteiger partial charge in [-0.3, -0.25) is 14.2 Å². The van der Waals surface area contributed by atoms with Gasteiger partial charge in [0.15, 0.2) is 5.16 Å². The van der Waals surface area contributed by atoms with Gasteiger partial charge < -0.3 is 5.32 Å². The summed E-state index contributed by atoms with van der Waals surface area (Å²) in [5.41, 5.74) is 4.27. The molecule has 3 aromatic rings. The Morgan fingerprint density at radius 1 is 1.28 bits per heavy atom. The largest absolute Gasteiger partial charge is 0.325 e. The highest BCUT2D eigenvalue weighted by atomic mass is 32.2. The number of nitrogens with one attached hydrogen (secondary N) is 1. The van der Waals surface area contributed by atoms with Gasteiger partial charge in [-0.25, -0.2) is 4.98 Å². The quantitative estimate of drug-likeness (QED) is 0.473. The number of hydrogen-bond acceptors (Lipinski definition) is 5. The number of thiophene rings is 1. The maximum Gasteiger partial charge on any atom is 0.263 e. The van der Waals surface area contributed by atoms with E-state index in [1.54, 1.807) is 15.9 Å². The Labute approximate surface area is 178 Å². The van der Waals surface area contributed by atoms with Crippen molar-refractivity contribution >= 4 is 44.9 Å². The van der Waals surface area contributed by atoms with Gasteiger partial charge in [0.05, 0.1) is 11.1 Å². The summed E-state index contributed by atoms with van der Waals surface area (Å²) in [5.74, 6) is 0.125. The van der Waals surface area contributed by atoms with Crippen LogP contribution in [-0.4, -0.2) is 21.2 Å². The second-order valence-electron chi connectivity index (χ2n) is 7.49. The number of fused-ring (bicyclic) bond motifs is 3. The molecule has 1 amide bonds. The first-order valence-corrected chi connectivity index (χ1v) is 11.8. The Hall–Kier alpha value is -2.12. The number of hydrogen-bond donors (Lipinski definition) is 1. The molecule has 0 radical (unpaired) electrons. The number of amides is 1. The van der Waals surface area contributed by atoms with Crippen LogP contribution in [0.2, 0.25) is 0 Å². The zero-order valence-corrected chi connectivity index (χ0v) is 18.6. The Bertz CT molecular complexity index is 1150. The first kappa shape index (κ1) is 20.2. The van der Waals surface area contributed by atoms with Gasteiger partial charge in [0, 0.05) is 17.1 Å². The molecule has 1 N–H and O–H groups in total. The van der Waals surface area contributed by atoms with Gasteiger partial charge >= 0.3 is 0 Å². The van der Waals surface area contributed by atoms with Crippen molar-refractivity contribution in [3.63, 3.8) is 0 Å². The van der Waals surface area contributed by atoms with Gasteiger partial charge in [-0.05, 0) is 63.6 Å². The van der Waals surface area contributed by atoms with Gasteiger partial charge in [0.1, 0.15) is 4.83 Å². The predicted molar refractivity (Wildman–Crippen MR) is 121 cm³/mol. The molecule has 0 spiro atoms. The first-order valence-electron chi connectivity index (χ1n) is 10.0. The highest BCUT2D eigenvalue weighted by Gasteiger charge is 2.22. The number of rotatable bonds is 5. The smallest absolute Gasteiger partial charge is 0.263 e. The topological polar surface area (TPSA) is 64.0 Å². The van der Waals surface area contributed by atoms with Crippen LogP contribution in [0.3, 0.4) is 0 Å². The van der Waals surface area contributed by atoms with Gasteiger partial charge in [0.2, 0.25) is 5.91 Å². The van der Waals surface area contributed by atoms with Crippen LogP contribution in [0.1, 0.15) is 41.3 Å². The molecule has 5 nitrogen and oxygen atoms in total. The number of carbonyl (C=O) groups excluding carboxylic acids is 1. The van der Waals surface area contributed by atoms with Crippen molar-refractivity contribution in [1.29, 1.82) is 0 Å². The van der Waals surface area contributed by atoms with Crippen molar-refractivity contribution in [1.82, 2.24) is 9.55 Å². The normalized spacial score (nSPS) is 13.5. The summed E-state index contributed by atoms with van der Waals surface area (Å²) < 4.78 is 1.71. The average molecular weight is 428 g/mol. The lowest BCUT2D eigenvalue weighted by Crippen LogP contribution is -2.24. The van der Waals surface area contributed by atoms with E-state index in [4.69, 9.17) is 4.98 Å². The predicted octanol–water partition coefficient (Wildman–Crippen LogP) is 4.70. The summed E-state index contributed by atoms with van der Waals surface area (Å²) >= 11 is 2.98. The first-order chi connectivity index (χ1) is 14.0. The molecule has 0 fully saturated rings. The Kier molecular flexibility index (Phi) is 5.79. The maximum absolute atomic E-state index is 13.1. The molecule has 29 heavy (non-hydrogen) atoms. The molecule has 0 bridgehead atoms. The molecule has 0 aliphatic heterocycles. The van der Waals surface area contributed by atoms with Crippen molar-refractivity contribution in [3.8, 4) is 0 Å². The standard InChI is InChI=1S/C22H25N3O2S2/c1-4-25-21(27)19-15-7-5-6-8-17(15)29-20(19)24-22(25)28-12-18(26)23-16-10-9-13(2)11-14(16)3/h9-11H,4-8,12H2,1-3H3,(H,23,26). The molecule has 7 heteroatoms. The van der Waals surface area contributed by atoms with Gasteiger partial charge in [0.25, 0.3) is 5.56 Å². The Morgan fingerprint density at radius 3 is 2.83 bits per heavy atom. The molecule has 152 valence electrons. The fraction of sp³-hybridized carbons (Fsp3) is 0.409. The molecule has 4 rings (SSSR count). The molecule has 1 aromatic carbocycles. The number of thioether (sulfide) groups is 1. The summed E-state index contributed by atoms with van der Waals surface area (Å²) in [4.78, 5) is 32.5. The summed E-state index contributed by atoms with van der Waals surface area (Å²) in [6, 6.07) is 5.96. The SMILES string of the molecule is CCn1c(SCC(=O)Nc2ccc(C)cc2C)nc2sc3c(c2c1=O)CCCC3. The van der Waals surface area contributed by atoms with Crippen molar-refractivity contribution in [2.24, 2.45) is 0 Å². The van der Waals surface area contributed by atoms with Crippen molar-refractivity contribution in [2.45, 2.75) is 58.2 Å². The number of anilines is 1. The fourth-order valence-corrected chi connectivity index (χ4v) is 6.04. The lowest BCUT2D eigenvalue weighted by Gasteiger charge is -2.12. The van der Waals surface area contributed by atoms with Crippen LogP contribution in [0, 0.1) is 13.8 Å². The molecule has 1 aliphatic rings. The van der Waals surface area contributed by atoms with E-state index in [1.165, 1.54) is 28.6 Å². The summed E-state index contributed by atoms with van der Waals surface area (Å²) in [6.07, 6.45) is 4.34. The lowest BCUT2D eigenvalue weighted by molar-refractivity contribution is -0.113. The number of benzene rings is 1. The maximum atomic E-state index is 13.1. The highest BCUT2D eigenvalue weighted by Crippen LogP contribution is 2.34. The number of aryl methyl sites for hydroxylation is 4. The van der Waals surface area contributed by atoms with E-state index >= 15 is 0 Å². The van der Waals surface area contributed by atoms with Crippen molar-refractivity contribution in [3.05, 3.63) is 50.1 Å². The Morgan fingerprint density at radius 2 is 2.07 bits per heavy atom. The molecule has 0 saturated heterocycles. The van der Waals surface area contributed by atoms with Crippen LogP contribution >= 0.6 is 23.1 Å². The zero-order valence-electron chi connectivity index (χ0n) is 17.0. The number of nitrogens with zero attached hydrogens (tertiary/aromatic N) is 2. The Balaban J connectivity index is 1.57. The minimum atomic E-state index is -0.0931. The third-order valence-electron chi connectivity index (χ3n) is 5.34. The minimum Gasteiger partial charge on any atom is -0.325 e. The van der Waals surface area contributed by atoms with Crippen molar-refractivity contribution < 1.29 is 4.79 Å². The summed E-state index contributed by atoms with van der Waals surface area (Å²) in [6.45, 7) is 6.52. The van der Waals surface area contributed by atoms with E-state index in [1.807, 2.05) is 39.0 Å².